The molecule has 2 aromatic carbocycles. The van der Waals surface area contributed by atoms with Crippen molar-refractivity contribution in [1.82, 2.24) is 5.43 Å². The van der Waals surface area contributed by atoms with Crippen LogP contribution in [-0.2, 0) is 4.79 Å². The quantitative estimate of drug-likeness (QED) is 0.658. The average molecular weight is 302 g/mol. The fourth-order valence-corrected chi connectivity index (χ4v) is 1.84. The van der Waals surface area contributed by atoms with Gasteiger partial charge < -0.3 is 5.32 Å². The molecule has 0 bridgehead atoms. The highest BCUT2D eigenvalue weighted by Crippen LogP contribution is 2.12. The molecule has 2 rings (SSSR count). The van der Waals surface area contributed by atoms with E-state index in [9.17, 15) is 4.79 Å². The van der Waals surface area contributed by atoms with Crippen molar-refractivity contribution in [2.75, 3.05) is 11.9 Å². The molecule has 0 heterocycles. The van der Waals surface area contributed by atoms with Gasteiger partial charge in [-0.05, 0) is 36.2 Å². The van der Waals surface area contributed by atoms with Gasteiger partial charge in [0.25, 0.3) is 5.91 Å². The second kappa shape index (κ2) is 7.45. The van der Waals surface area contributed by atoms with Gasteiger partial charge in [0.05, 0.1) is 12.8 Å². The lowest BCUT2D eigenvalue weighted by atomic mass is 10.2. The molecule has 2 aromatic rings. The molecule has 0 fully saturated rings. The molecule has 21 heavy (non-hydrogen) atoms. The Labute approximate surface area is 128 Å². The summed E-state index contributed by atoms with van der Waals surface area (Å²) in [6.45, 7) is 2.15. The Bertz CT molecular complexity index is 638. The Morgan fingerprint density at radius 2 is 1.90 bits per heavy atom. The minimum Gasteiger partial charge on any atom is -0.376 e. The lowest BCUT2D eigenvalue weighted by Gasteiger charge is -2.07. The summed E-state index contributed by atoms with van der Waals surface area (Å²) in [5.41, 5.74) is 5.37. The van der Waals surface area contributed by atoms with Gasteiger partial charge in [0.2, 0.25) is 0 Å². The summed E-state index contributed by atoms with van der Waals surface area (Å²) >= 11 is 5.79. The van der Waals surface area contributed by atoms with Crippen molar-refractivity contribution in [2.24, 2.45) is 5.10 Å². The number of anilines is 1. The molecule has 108 valence electrons. The van der Waals surface area contributed by atoms with Crippen LogP contribution in [0, 0.1) is 6.92 Å². The molecule has 0 saturated carbocycles. The number of nitrogens with zero attached hydrogens (tertiary/aromatic N) is 1. The predicted octanol–water partition coefficient (Wildman–Crippen LogP) is 3.21. The van der Waals surface area contributed by atoms with Gasteiger partial charge in [-0.1, -0.05) is 41.9 Å². The van der Waals surface area contributed by atoms with Crippen LogP contribution < -0.4 is 10.7 Å². The topological polar surface area (TPSA) is 53.5 Å². The zero-order valence-corrected chi connectivity index (χ0v) is 12.4. The van der Waals surface area contributed by atoms with Crippen LogP contribution in [0.4, 0.5) is 5.69 Å². The molecule has 0 saturated heterocycles. The van der Waals surface area contributed by atoms with Crippen LogP contribution in [0.2, 0.25) is 5.02 Å². The minimum absolute atomic E-state index is 0.169. The van der Waals surface area contributed by atoms with Crippen molar-refractivity contribution in [1.29, 1.82) is 0 Å². The summed E-state index contributed by atoms with van der Waals surface area (Å²) in [6.07, 6.45) is 1.57. The zero-order valence-electron chi connectivity index (χ0n) is 11.6. The van der Waals surface area contributed by atoms with E-state index >= 15 is 0 Å². The van der Waals surface area contributed by atoms with Crippen LogP contribution >= 0.6 is 11.6 Å². The van der Waals surface area contributed by atoms with Crippen molar-refractivity contribution in [3.8, 4) is 0 Å². The minimum atomic E-state index is -0.205. The highest BCUT2D eigenvalue weighted by molar-refractivity contribution is 6.30. The molecule has 0 atom stereocenters. The molecule has 0 radical (unpaired) electrons. The number of carbonyl (C=O) groups is 1. The summed E-state index contributed by atoms with van der Waals surface area (Å²) in [4.78, 5) is 11.7. The molecule has 0 aliphatic heterocycles. The van der Waals surface area contributed by atoms with Crippen LogP contribution in [0.15, 0.2) is 53.6 Å². The Morgan fingerprint density at radius 1 is 1.19 bits per heavy atom. The van der Waals surface area contributed by atoms with E-state index < -0.39 is 0 Å². The normalized spacial score (nSPS) is 10.6. The van der Waals surface area contributed by atoms with Crippen molar-refractivity contribution in [3.63, 3.8) is 0 Å². The summed E-state index contributed by atoms with van der Waals surface area (Å²) in [7, 11) is 0. The van der Waals surface area contributed by atoms with Crippen LogP contribution in [0.5, 0.6) is 0 Å². The molecule has 5 heteroatoms. The van der Waals surface area contributed by atoms with Crippen LogP contribution in [0.3, 0.4) is 0 Å². The Hall–Kier alpha value is -2.33. The first kappa shape index (κ1) is 15.1. The van der Waals surface area contributed by atoms with E-state index in [-0.39, 0.29) is 12.5 Å². The third-order valence-electron chi connectivity index (χ3n) is 2.86. The molecule has 4 nitrogen and oxygen atoms in total. The zero-order chi connectivity index (χ0) is 15.1. The molecular weight excluding hydrogens is 286 g/mol. The fraction of sp³-hybridized carbons (Fsp3) is 0.125. The number of hydrogen-bond acceptors (Lipinski definition) is 3. The number of rotatable bonds is 5. The van der Waals surface area contributed by atoms with Gasteiger partial charge in [0, 0.05) is 10.7 Å². The number of hydrogen-bond donors (Lipinski definition) is 2. The number of aryl methyl sites for hydroxylation is 1. The number of benzene rings is 2. The van der Waals surface area contributed by atoms with E-state index in [1.165, 1.54) is 0 Å². The van der Waals surface area contributed by atoms with E-state index in [0.717, 1.165) is 16.8 Å². The Balaban J connectivity index is 1.80. The van der Waals surface area contributed by atoms with Gasteiger partial charge in [-0.3, -0.25) is 4.79 Å². The average Bonchev–Trinajstić information content (AvgIpc) is 2.48. The molecule has 0 aliphatic carbocycles. The van der Waals surface area contributed by atoms with Crippen molar-refractivity contribution >= 4 is 29.4 Å². The van der Waals surface area contributed by atoms with Crippen LogP contribution in [0.1, 0.15) is 11.1 Å². The van der Waals surface area contributed by atoms with Crippen LogP contribution in [0.25, 0.3) is 0 Å². The first-order valence-electron chi connectivity index (χ1n) is 6.52. The van der Waals surface area contributed by atoms with E-state index in [0.29, 0.717) is 5.02 Å². The van der Waals surface area contributed by atoms with E-state index in [1.807, 2.05) is 43.3 Å². The second-order valence-electron chi connectivity index (χ2n) is 4.51. The number of carbonyl (C=O) groups excluding carboxylic acids is 1. The first-order valence-corrected chi connectivity index (χ1v) is 6.90. The second-order valence-corrected chi connectivity index (χ2v) is 4.95. The highest BCUT2D eigenvalue weighted by atomic mass is 35.5. The SMILES string of the molecule is Cc1ccccc1NCC(=O)NN=Cc1ccc(Cl)cc1. The van der Waals surface area contributed by atoms with Gasteiger partial charge in [-0.25, -0.2) is 5.43 Å². The first-order chi connectivity index (χ1) is 10.1. The van der Waals surface area contributed by atoms with Crippen molar-refractivity contribution < 1.29 is 4.79 Å². The molecular formula is C16H16ClN3O. The maximum atomic E-state index is 11.7. The summed E-state index contributed by atoms with van der Waals surface area (Å²) in [6, 6.07) is 15.0. The fourth-order valence-electron chi connectivity index (χ4n) is 1.71. The van der Waals surface area contributed by atoms with E-state index in [4.69, 9.17) is 11.6 Å². The monoisotopic (exact) mass is 301 g/mol. The van der Waals surface area contributed by atoms with Gasteiger partial charge in [-0.2, -0.15) is 5.10 Å². The van der Waals surface area contributed by atoms with Gasteiger partial charge >= 0.3 is 0 Å². The lowest BCUT2D eigenvalue weighted by Crippen LogP contribution is -2.26. The number of nitrogens with one attached hydrogen (secondary N) is 2. The smallest absolute Gasteiger partial charge is 0.259 e. The molecule has 0 unspecified atom stereocenters. The third-order valence-corrected chi connectivity index (χ3v) is 3.11. The molecule has 1 amide bonds. The molecule has 0 aromatic heterocycles. The Kier molecular flexibility index (Phi) is 5.35. The molecule has 0 aliphatic rings. The van der Waals surface area contributed by atoms with Gasteiger partial charge in [0.1, 0.15) is 0 Å². The predicted molar refractivity (Wildman–Crippen MR) is 86.9 cm³/mol. The van der Waals surface area contributed by atoms with Crippen molar-refractivity contribution in [2.45, 2.75) is 6.92 Å². The summed E-state index contributed by atoms with van der Waals surface area (Å²) in [5.74, 6) is -0.205. The number of para-hydroxylation sites is 1. The van der Waals surface area contributed by atoms with Crippen molar-refractivity contribution in [3.05, 3.63) is 64.7 Å². The molecule has 2 N–H and O–H groups in total. The maximum Gasteiger partial charge on any atom is 0.259 e. The lowest BCUT2D eigenvalue weighted by molar-refractivity contribution is -0.119. The largest absolute Gasteiger partial charge is 0.376 e. The Morgan fingerprint density at radius 3 is 2.62 bits per heavy atom. The van der Waals surface area contributed by atoms with E-state index in [2.05, 4.69) is 15.8 Å². The summed E-state index contributed by atoms with van der Waals surface area (Å²) < 4.78 is 0. The van der Waals surface area contributed by atoms with E-state index in [1.54, 1.807) is 18.3 Å². The number of halogens is 1. The number of hydrazone groups is 1. The number of amides is 1. The van der Waals surface area contributed by atoms with Gasteiger partial charge in [0.15, 0.2) is 0 Å². The van der Waals surface area contributed by atoms with Gasteiger partial charge in [-0.15, -0.1) is 0 Å². The van der Waals surface area contributed by atoms with Crippen LogP contribution in [-0.4, -0.2) is 18.7 Å². The third kappa shape index (κ3) is 4.93. The summed E-state index contributed by atoms with van der Waals surface area (Å²) in [5, 5.41) is 7.63. The molecule has 0 spiro atoms. The highest BCUT2D eigenvalue weighted by Gasteiger charge is 2.00. The standard InChI is InChI=1S/C16H16ClN3O/c1-12-4-2-3-5-15(12)18-11-16(21)20-19-10-13-6-8-14(17)9-7-13/h2-10,18H,11H2,1H3,(H,20,21). The maximum absolute atomic E-state index is 11.7.